The summed E-state index contributed by atoms with van der Waals surface area (Å²) in [4.78, 5) is 11.3. The van der Waals surface area contributed by atoms with E-state index in [1.165, 1.54) is 19.3 Å². The zero-order valence-corrected chi connectivity index (χ0v) is 15.9. The molecule has 0 saturated carbocycles. The van der Waals surface area contributed by atoms with Gasteiger partial charge in [-0.25, -0.2) is 4.79 Å². The fourth-order valence-corrected chi connectivity index (χ4v) is 3.10. The van der Waals surface area contributed by atoms with E-state index < -0.39 is 18.2 Å². The number of aliphatic hydroxyl groups excluding tert-OH is 2. The largest absolute Gasteiger partial charge is 0.464 e. The van der Waals surface area contributed by atoms with Crippen molar-refractivity contribution in [3.8, 4) is 0 Å². The van der Waals surface area contributed by atoms with Gasteiger partial charge in [0.05, 0.1) is 32.0 Å². The minimum Gasteiger partial charge on any atom is -0.464 e. The van der Waals surface area contributed by atoms with Crippen LogP contribution < -0.4 is 11.5 Å². The molecule has 3 atom stereocenters. The van der Waals surface area contributed by atoms with Crippen LogP contribution in [0.2, 0.25) is 5.02 Å². The summed E-state index contributed by atoms with van der Waals surface area (Å²) >= 11 is 6.27. The van der Waals surface area contributed by atoms with Crippen molar-refractivity contribution < 1.29 is 24.5 Å². The normalized spacial score (nSPS) is 23.9. The fraction of sp³-hybridized carbons (Fsp3) is 0.421. The highest BCUT2D eigenvalue weighted by Crippen LogP contribution is 2.33. The molecule has 7 nitrogen and oxygen atoms in total. The Morgan fingerprint density at radius 2 is 2.11 bits per heavy atom. The molecule has 0 spiro atoms. The van der Waals surface area contributed by atoms with E-state index in [0.29, 0.717) is 30.0 Å². The first-order chi connectivity index (χ1) is 12.8. The molecule has 2 rings (SSSR count). The van der Waals surface area contributed by atoms with Crippen molar-refractivity contribution in [3.63, 3.8) is 0 Å². The van der Waals surface area contributed by atoms with E-state index in [1.807, 2.05) is 12.1 Å². The van der Waals surface area contributed by atoms with E-state index >= 15 is 0 Å². The van der Waals surface area contributed by atoms with Crippen LogP contribution in [0.3, 0.4) is 0 Å². The lowest BCUT2D eigenvalue weighted by molar-refractivity contribution is -0.136. The lowest BCUT2D eigenvalue weighted by Crippen LogP contribution is -2.33. The van der Waals surface area contributed by atoms with Crippen LogP contribution in [0.5, 0.6) is 0 Å². The molecule has 0 radical (unpaired) electrons. The second-order valence-corrected chi connectivity index (χ2v) is 6.84. The van der Waals surface area contributed by atoms with Crippen LogP contribution in [0.25, 0.3) is 0 Å². The number of benzene rings is 1. The van der Waals surface area contributed by atoms with Gasteiger partial charge in [-0.1, -0.05) is 23.7 Å². The Kier molecular flexibility index (Phi) is 7.67. The second kappa shape index (κ2) is 9.75. The Labute approximate surface area is 163 Å². The fourth-order valence-electron chi connectivity index (χ4n) is 2.91. The Hall–Kier alpha value is -2.06. The first-order valence-corrected chi connectivity index (χ1v) is 8.94. The van der Waals surface area contributed by atoms with Gasteiger partial charge in [0.25, 0.3) is 0 Å². The van der Waals surface area contributed by atoms with E-state index in [2.05, 4.69) is 4.74 Å². The number of carbonyl (C=O) groups is 1. The van der Waals surface area contributed by atoms with Gasteiger partial charge in [-0.05, 0) is 29.3 Å². The van der Waals surface area contributed by atoms with E-state index in [0.717, 1.165) is 11.1 Å². The SMILES string of the molecule is COC(=O)/C(N)=C/C=C(\N)Cc1cc(C2CC(O)CC(CO)O2)ccc1Cl. The van der Waals surface area contributed by atoms with E-state index in [-0.39, 0.29) is 18.4 Å². The Balaban J connectivity index is 2.16. The Bertz CT molecular complexity index is 735. The van der Waals surface area contributed by atoms with Crippen molar-refractivity contribution in [3.05, 3.63) is 57.9 Å². The van der Waals surface area contributed by atoms with E-state index in [9.17, 15) is 15.0 Å². The highest BCUT2D eigenvalue weighted by atomic mass is 35.5. The molecule has 27 heavy (non-hydrogen) atoms. The summed E-state index contributed by atoms with van der Waals surface area (Å²) in [5.41, 5.74) is 13.6. The highest BCUT2D eigenvalue weighted by Gasteiger charge is 2.29. The Morgan fingerprint density at radius 3 is 2.78 bits per heavy atom. The molecule has 1 aliphatic rings. The van der Waals surface area contributed by atoms with E-state index in [4.69, 9.17) is 27.8 Å². The maximum Gasteiger partial charge on any atom is 0.353 e. The molecule has 0 aliphatic carbocycles. The van der Waals surface area contributed by atoms with Crippen molar-refractivity contribution in [2.45, 2.75) is 37.6 Å². The summed E-state index contributed by atoms with van der Waals surface area (Å²) < 4.78 is 10.3. The van der Waals surface area contributed by atoms with Gasteiger partial charge < -0.3 is 31.2 Å². The minimum atomic E-state index is -0.634. The van der Waals surface area contributed by atoms with Crippen LogP contribution in [0.15, 0.2) is 41.7 Å². The van der Waals surface area contributed by atoms with Gasteiger partial charge >= 0.3 is 5.97 Å². The lowest BCUT2D eigenvalue weighted by atomic mass is 9.94. The maximum atomic E-state index is 11.3. The number of halogens is 1. The van der Waals surface area contributed by atoms with Crippen molar-refractivity contribution in [1.29, 1.82) is 0 Å². The van der Waals surface area contributed by atoms with Crippen molar-refractivity contribution >= 4 is 17.6 Å². The van der Waals surface area contributed by atoms with Crippen LogP contribution in [0.1, 0.15) is 30.1 Å². The van der Waals surface area contributed by atoms with E-state index in [1.54, 1.807) is 6.07 Å². The summed E-state index contributed by atoms with van der Waals surface area (Å²) in [6, 6.07) is 5.45. The average Bonchev–Trinajstić information content (AvgIpc) is 2.66. The first kappa shape index (κ1) is 21.2. The molecular formula is C19H25ClN2O5. The highest BCUT2D eigenvalue weighted by molar-refractivity contribution is 6.31. The van der Waals surface area contributed by atoms with Gasteiger partial charge in [0.2, 0.25) is 0 Å². The number of aliphatic hydroxyl groups is 2. The number of ether oxygens (including phenoxy) is 2. The van der Waals surface area contributed by atoms with Gasteiger partial charge in [0, 0.05) is 30.0 Å². The minimum absolute atomic E-state index is 0.0556. The van der Waals surface area contributed by atoms with Gasteiger partial charge in [-0.15, -0.1) is 0 Å². The molecule has 3 unspecified atom stereocenters. The molecule has 8 heteroatoms. The average molecular weight is 397 g/mol. The second-order valence-electron chi connectivity index (χ2n) is 6.44. The molecule has 1 aliphatic heterocycles. The molecule has 1 saturated heterocycles. The number of allylic oxidation sites excluding steroid dienone is 3. The van der Waals surface area contributed by atoms with Gasteiger partial charge in [0.15, 0.2) is 0 Å². The lowest BCUT2D eigenvalue weighted by Gasteiger charge is -2.32. The smallest absolute Gasteiger partial charge is 0.353 e. The van der Waals surface area contributed by atoms with Crippen LogP contribution >= 0.6 is 11.6 Å². The number of carbonyl (C=O) groups excluding carboxylic acids is 1. The molecular weight excluding hydrogens is 372 g/mol. The van der Waals surface area contributed by atoms with Crippen LogP contribution in [-0.2, 0) is 20.7 Å². The predicted octanol–water partition coefficient (Wildman–Crippen LogP) is 1.31. The number of hydrogen-bond donors (Lipinski definition) is 4. The molecule has 1 aromatic rings. The number of rotatable bonds is 6. The third kappa shape index (κ3) is 5.97. The molecule has 148 valence electrons. The number of esters is 1. The summed E-state index contributed by atoms with van der Waals surface area (Å²) in [5.74, 6) is -0.634. The summed E-state index contributed by atoms with van der Waals surface area (Å²) in [7, 11) is 1.24. The van der Waals surface area contributed by atoms with Crippen molar-refractivity contribution in [1.82, 2.24) is 0 Å². The molecule has 6 N–H and O–H groups in total. The zero-order valence-electron chi connectivity index (χ0n) is 15.1. The monoisotopic (exact) mass is 396 g/mol. The number of nitrogens with two attached hydrogens (primary N) is 2. The predicted molar refractivity (Wildman–Crippen MR) is 102 cm³/mol. The summed E-state index contributed by atoms with van der Waals surface area (Å²) in [6.07, 6.45) is 2.85. The summed E-state index contributed by atoms with van der Waals surface area (Å²) in [6.45, 7) is -0.141. The number of methoxy groups -OCH3 is 1. The topological polar surface area (TPSA) is 128 Å². The van der Waals surface area contributed by atoms with Gasteiger partial charge in [-0.2, -0.15) is 0 Å². The third-order valence-electron chi connectivity index (χ3n) is 4.32. The third-order valence-corrected chi connectivity index (χ3v) is 4.68. The molecule has 1 aromatic carbocycles. The molecule has 1 heterocycles. The van der Waals surface area contributed by atoms with Crippen molar-refractivity contribution in [2.75, 3.05) is 13.7 Å². The molecule has 1 fully saturated rings. The standard InChI is InChI=1S/C19H25ClN2O5/c1-26-19(25)17(22)5-3-13(21)7-12-6-11(2-4-16(12)20)18-9-14(24)8-15(10-23)27-18/h2-6,14-15,18,23-24H,7-10,21-22H2,1H3/b13-3-,17-5-. The number of hydrogen-bond acceptors (Lipinski definition) is 7. The Morgan fingerprint density at radius 1 is 1.37 bits per heavy atom. The zero-order chi connectivity index (χ0) is 20.0. The summed E-state index contributed by atoms with van der Waals surface area (Å²) in [5, 5.41) is 19.9. The first-order valence-electron chi connectivity index (χ1n) is 8.56. The van der Waals surface area contributed by atoms with Gasteiger partial charge in [0.1, 0.15) is 5.70 Å². The molecule has 0 aromatic heterocycles. The molecule has 0 bridgehead atoms. The van der Waals surface area contributed by atoms with Gasteiger partial charge in [-0.3, -0.25) is 0 Å². The quantitative estimate of drug-likeness (QED) is 0.324. The van der Waals surface area contributed by atoms with Crippen LogP contribution in [0.4, 0.5) is 0 Å². The molecule has 0 amide bonds. The van der Waals surface area contributed by atoms with Crippen LogP contribution in [-0.4, -0.2) is 42.1 Å². The van der Waals surface area contributed by atoms with Crippen molar-refractivity contribution in [2.24, 2.45) is 11.5 Å². The van der Waals surface area contributed by atoms with Crippen LogP contribution in [0, 0.1) is 0 Å². The maximum absolute atomic E-state index is 11.3.